The Morgan fingerprint density at radius 1 is 1.59 bits per heavy atom. The van der Waals surface area contributed by atoms with Crippen LogP contribution in [-0.4, -0.2) is 23.9 Å². The van der Waals surface area contributed by atoms with Gasteiger partial charge in [-0.2, -0.15) is 5.26 Å². The molecule has 0 unspecified atom stereocenters. The van der Waals surface area contributed by atoms with Crippen molar-refractivity contribution in [1.82, 2.24) is 4.90 Å². The van der Waals surface area contributed by atoms with Gasteiger partial charge in [-0.25, -0.2) is 4.39 Å². The smallest absolute Gasteiger partial charge is 0.257 e. The summed E-state index contributed by atoms with van der Waals surface area (Å²) in [5, 5.41) is 8.91. The van der Waals surface area contributed by atoms with Gasteiger partial charge in [0, 0.05) is 11.6 Å². The van der Waals surface area contributed by atoms with E-state index in [1.165, 1.54) is 17.0 Å². The van der Waals surface area contributed by atoms with Crippen LogP contribution >= 0.6 is 11.6 Å². The highest BCUT2D eigenvalue weighted by Crippen LogP contribution is 2.16. The van der Waals surface area contributed by atoms with Gasteiger partial charge in [0.1, 0.15) is 12.4 Å². The average molecular weight is 255 g/mol. The largest absolute Gasteiger partial charge is 0.325 e. The van der Waals surface area contributed by atoms with Crippen molar-refractivity contribution in [1.29, 1.82) is 5.26 Å². The number of carbonyl (C=O) groups excluding carboxylic acids is 1. The number of hydrogen-bond acceptors (Lipinski definition) is 2. The molecule has 1 rings (SSSR count). The Labute approximate surface area is 104 Å². The fourth-order valence-corrected chi connectivity index (χ4v) is 1.61. The molecule has 0 saturated carbocycles. The maximum absolute atomic E-state index is 13.5. The van der Waals surface area contributed by atoms with Gasteiger partial charge in [-0.05, 0) is 24.6 Å². The number of hydrogen-bond donors (Lipinski definition) is 0. The summed E-state index contributed by atoms with van der Waals surface area (Å²) in [7, 11) is 0. The van der Waals surface area contributed by atoms with E-state index in [9.17, 15) is 9.18 Å². The molecule has 0 aliphatic heterocycles. The van der Waals surface area contributed by atoms with Crippen molar-refractivity contribution in [2.75, 3.05) is 13.1 Å². The molecule has 1 aromatic rings. The van der Waals surface area contributed by atoms with E-state index in [1.807, 2.05) is 13.0 Å². The Hall–Kier alpha value is -1.60. The number of halogens is 2. The highest BCUT2D eigenvalue weighted by molar-refractivity contribution is 6.31. The number of nitriles is 1. The molecule has 0 atom stereocenters. The summed E-state index contributed by atoms with van der Waals surface area (Å²) in [6.45, 7) is 2.24. The molecule has 3 nitrogen and oxygen atoms in total. The van der Waals surface area contributed by atoms with Crippen LogP contribution in [0, 0.1) is 17.1 Å². The maximum Gasteiger partial charge on any atom is 0.257 e. The fraction of sp³-hybridized carbons (Fsp3) is 0.333. The van der Waals surface area contributed by atoms with Crippen molar-refractivity contribution >= 4 is 17.5 Å². The van der Waals surface area contributed by atoms with E-state index >= 15 is 0 Å². The Balaban J connectivity index is 3.00. The lowest BCUT2D eigenvalue weighted by atomic mass is 10.2. The highest BCUT2D eigenvalue weighted by Gasteiger charge is 2.18. The first-order valence-corrected chi connectivity index (χ1v) is 5.59. The van der Waals surface area contributed by atoms with Gasteiger partial charge in [0.2, 0.25) is 0 Å². The predicted octanol–water partition coefficient (Wildman–Crippen LogP) is 2.85. The van der Waals surface area contributed by atoms with E-state index in [0.29, 0.717) is 18.0 Å². The van der Waals surface area contributed by atoms with E-state index in [2.05, 4.69) is 0 Å². The minimum atomic E-state index is -0.626. The molecule has 0 aromatic heterocycles. The number of nitrogens with zero attached hydrogens (tertiary/aromatic N) is 2. The van der Waals surface area contributed by atoms with Crippen LogP contribution in [0.4, 0.5) is 4.39 Å². The number of amides is 1. The van der Waals surface area contributed by atoms with Crippen LogP contribution in [0.25, 0.3) is 0 Å². The minimum Gasteiger partial charge on any atom is -0.325 e. The molecule has 1 amide bonds. The van der Waals surface area contributed by atoms with Crippen molar-refractivity contribution in [2.24, 2.45) is 0 Å². The summed E-state index contributed by atoms with van der Waals surface area (Å²) in [5.74, 6) is -1.13. The molecule has 0 aliphatic rings. The summed E-state index contributed by atoms with van der Waals surface area (Å²) in [4.78, 5) is 13.3. The molecule has 0 bridgehead atoms. The van der Waals surface area contributed by atoms with Gasteiger partial charge >= 0.3 is 0 Å². The molecule has 0 heterocycles. The van der Waals surface area contributed by atoms with Crippen molar-refractivity contribution in [3.05, 3.63) is 34.6 Å². The second kappa shape index (κ2) is 6.21. The SMILES string of the molecule is CCCN(CC#N)C(=O)c1cc(Cl)ccc1F. The predicted molar refractivity (Wildman–Crippen MR) is 63.2 cm³/mol. The van der Waals surface area contributed by atoms with Gasteiger partial charge in [-0.3, -0.25) is 4.79 Å². The first-order chi connectivity index (χ1) is 8.10. The van der Waals surface area contributed by atoms with Crippen molar-refractivity contribution in [2.45, 2.75) is 13.3 Å². The quantitative estimate of drug-likeness (QED) is 0.776. The third-order valence-corrected chi connectivity index (χ3v) is 2.44. The molecule has 17 heavy (non-hydrogen) atoms. The van der Waals surface area contributed by atoms with Gasteiger partial charge < -0.3 is 4.90 Å². The highest BCUT2D eigenvalue weighted by atomic mass is 35.5. The monoisotopic (exact) mass is 254 g/mol. The molecule has 1 aromatic carbocycles. The molecule has 0 fully saturated rings. The lowest BCUT2D eigenvalue weighted by Gasteiger charge is -2.19. The topological polar surface area (TPSA) is 44.1 Å². The molecule has 90 valence electrons. The zero-order valence-corrected chi connectivity index (χ0v) is 10.2. The molecule has 0 radical (unpaired) electrons. The summed E-state index contributed by atoms with van der Waals surface area (Å²) < 4.78 is 13.5. The Morgan fingerprint density at radius 3 is 2.88 bits per heavy atom. The van der Waals surface area contributed by atoms with Gasteiger partial charge in [-0.15, -0.1) is 0 Å². The normalized spacial score (nSPS) is 9.76. The average Bonchev–Trinajstić information content (AvgIpc) is 2.31. The second-order valence-electron chi connectivity index (χ2n) is 3.51. The summed E-state index contributed by atoms with van der Waals surface area (Å²) in [6.07, 6.45) is 0.704. The lowest BCUT2D eigenvalue weighted by molar-refractivity contribution is 0.0771. The second-order valence-corrected chi connectivity index (χ2v) is 3.95. The zero-order chi connectivity index (χ0) is 12.8. The molecule has 0 aliphatic carbocycles. The first kappa shape index (κ1) is 13.5. The van der Waals surface area contributed by atoms with Crippen LogP contribution in [0.3, 0.4) is 0 Å². The number of benzene rings is 1. The van der Waals surface area contributed by atoms with Gasteiger partial charge in [0.05, 0.1) is 11.6 Å². The first-order valence-electron chi connectivity index (χ1n) is 5.21. The number of carbonyl (C=O) groups is 1. The van der Waals surface area contributed by atoms with Crippen LogP contribution < -0.4 is 0 Å². The summed E-state index contributed by atoms with van der Waals surface area (Å²) in [5.41, 5.74) is -0.0961. The standard InChI is InChI=1S/C12H12ClFN2O/c1-2-6-16(7-5-15)12(17)10-8-9(13)3-4-11(10)14/h3-4,8H,2,6-7H2,1H3. The number of rotatable bonds is 4. The Kier molecular flexibility index (Phi) is 4.92. The van der Waals surface area contributed by atoms with Crippen LogP contribution in [-0.2, 0) is 0 Å². The summed E-state index contributed by atoms with van der Waals surface area (Å²) >= 11 is 5.72. The van der Waals surface area contributed by atoms with E-state index < -0.39 is 11.7 Å². The van der Waals surface area contributed by atoms with Crippen LogP contribution in [0.15, 0.2) is 18.2 Å². The van der Waals surface area contributed by atoms with Crippen LogP contribution in [0.2, 0.25) is 5.02 Å². The summed E-state index contributed by atoms with van der Waals surface area (Å²) in [6, 6.07) is 5.69. The molecule has 5 heteroatoms. The van der Waals surface area contributed by atoms with E-state index in [0.717, 1.165) is 6.07 Å². The van der Waals surface area contributed by atoms with Crippen LogP contribution in [0.5, 0.6) is 0 Å². The van der Waals surface area contributed by atoms with Crippen LogP contribution in [0.1, 0.15) is 23.7 Å². The zero-order valence-electron chi connectivity index (χ0n) is 9.41. The van der Waals surface area contributed by atoms with Crippen molar-refractivity contribution in [3.8, 4) is 6.07 Å². The maximum atomic E-state index is 13.5. The van der Waals surface area contributed by atoms with E-state index in [4.69, 9.17) is 16.9 Å². The fourth-order valence-electron chi connectivity index (χ4n) is 1.44. The molecular weight excluding hydrogens is 243 g/mol. The molecule has 0 saturated heterocycles. The van der Waals surface area contributed by atoms with Crippen molar-refractivity contribution < 1.29 is 9.18 Å². The molecule has 0 N–H and O–H groups in total. The van der Waals surface area contributed by atoms with Crippen molar-refractivity contribution in [3.63, 3.8) is 0 Å². The molecule has 0 spiro atoms. The Morgan fingerprint density at radius 2 is 2.29 bits per heavy atom. The third-order valence-electron chi connectivity index (χ3n) is 2.20. The minimum absolute atomic E-state index is 0.0569. The van der Waals surface area contributed by atoms with E-state index in [1.54, 1.807) is 0 Å². The van der Waals surface area contributed by atoms with Gasteiger partial charge in [0.25, 0.3) is 5.91 Å². The lowest BCUT2D eigenvalue weighted by Crippen LogP contribution is -2.32. The van der Waals surface area contributed by atoms with Gasteiger partial charge in [-0.1, -0.05) is 18.5 Å². The Bertz CT molecular complexity index is 456. The van der Waals surface area contributed by atoms with E-state index in [-0.39, 0.29) is 12.1 Å². The van der Waals surface area contributed by atoms with Gasteiger partial charge in [0.15, 0.2) is 0 Å². The third kappa shape index (κ3) is 3.43. The molecular formula is C12H12ClFN2O.